The van der Waals surface area contributed by atoms with Crippen LogP contribution in [0, 0.1) is 5.92 Å². The van der Waals surface area contributed by atoms with Crippen molar-refractivity contribution < 1.29 is 105 Å². The maximum Gasteiger partial charge on any atom is 0.410 e. The molecule has 0 spiro atoms. The van der Waals surface area contributed by atoms with Crippen molar-refractivity contribution in [3.05, 3.63) is 83.4 Å². The summed E-state index contributed by atoms with van der Waals surface area (Å²) in [5.41, 5.74) is 3.48. The van der Waals surface area contributed by atoms with Gasteiger partial charge in [0.2, 0.25) is 24.2 Å². The number of amides is 5. The van der Waals surface area contributed by atoms with Crippen LogP contribution >= 0.6 is 0 Å². The summed E-state index contributed by atoms with van der Waals surface area (Å²) < 4.78 is 62.1. The van der Waals surface area contributed by atoms with Gasteiger partial charge in [-0.25, -0.2) is 19.2 Å². The number of carboxylic acids is 1. The summed E-state index contributed by atoms with van der Waals surface area (Å²) in [7, 11) is 1.01. The van der Waals surface area contributed by atoms with Gasteiger partial charge in [-0.1, -0.05) is 68.4 Å². The SMILES string of the molecule is COC(=O)[C@H]1O[C@@H](Oc2cc(COC(=O)N3CCC(N(CCOCCOCCC(=O)O)C(=O)OCC4c5ccccc5-c5ccccc54)CC3)ccc2NC(=O)C(C)NC(=O)C(NC(=O)OC(C)(C)C)C(C)C)[C@H](OC(C)=O)[C@@H](OC(C)=O)[C@@H]1OC(C)=O. The number of ether oxygens (including phenoxy) is 11. The second kappa shape index (κ2) is 31.9. The number of nitrogens with one attached hydrogen (secondary N) is 3. The highest BCUT2D eigenvalue weighted by atomic mass is 16.7. The molecule has 27 heteroatoms. The number of piperidine rings is 1. The van der Waals surface area contributed by atoms with Gasteiger partial charge in [0.1, 0.15) is 36.6 Å². The molecular formula is C61H79N5O22. The molecule has 1 aliphatic carbocycles. The Balaban J connectivity index is 1.20. The fourth-order valence-electron chi connectivity index (χ4n) is 10.1. The van der Waals surface area contributed by atoms with Gasteiger partial charge in [0.05, 0.1) is 45.6 Å². The summed E-state index contributed by atoms with van der Waals surface area (Å²) in [5.74, 6) is -7.40. The Bertz CT molecular complexity index is 2930. The van der Waals surface area contributed by atoms with Gasteiger partial charge in [-0.2, -0.15) is 0 Å². The number of hydrogen-bond acceptors (Lipinski definition) is 21. The molecule has 480 valence electrons. The molecule has 2 heterocycles. The second-order valence-electron chi connectivity index (χ2n) is 22.3. The normalized spacial score (nSPS) is 18.9. The Morgan fingerprint density at radius 1 is 0.727 bits per heavy atom. The molecule has 3 aromatic rings. The van der Waals surface area contributed by atoms with Crippen molar-refractivity contribution in [1.29, 1.82) is 0 Å². The van der Waals surface area contributed by atoms with E-state index < -0.39 is 121 Å². The lowest BCUT2D eigenvalue weighted by Crippen LogP contribution is -2.64. The fourth-order valence-corrected chi connectivity index (χ4v) is 10.1. The van der Waals surface area contributed by atoms with Crippen LogP contribution in [0.1, 0.15) is 104 Å². The Morgan fingerprint density at radius 3 is 1.90 bits per heavy atom. The van der Waals surface area contributed by atoms with E-state index in [9.17, 15) is 47.9 Å². The molecule has 7 atom stereocenters. The predicted molar refractivity (Wildman–Crippen MR) is 309 cm³/mol. The summed E-state index contributed by atoms with van der Waals surface area (Å²) in [4.78, 5) is 133. The number of likely N-dealkylation sites (tertiary alicyclic amines) is 1. The number of carboxylic acid groups (broad SMARTS) is 1. The average molecular weight is 1230 g/mol. The molecule has 0 bridgehead atoms. The first-order valence-electron chi connectivity index (χ1n) is 28.8. The number of benzene rings is 3. The van der Waals surface area contributed by atoms with Crippen LogP contribution in [0.5, 0.6) is 5.75 Å². The molecule has 0 radical (unpaired) electrons. The molecule has 88 heavy (non-hydrogen) atoms. The number of anilines is 1. The molecule has 5 amide bonds. The Morgan fingerprint density at radius 2 is 1.32 bits per heavy atom. The third-order valence-electron chi connectivity index (χ3n) is 14.2. The van der Waals surface area contributed by atoms with Gasteiger partial charge in [-0.3, -0.25) is 28.8 Å². The molecular weight excluding hydrogens is 1150 g/mol. The highest BCUT2D eigenvalue weighted by molar-refractivity contribution is 5.99. The van der Waals surface area contributed by atoms with Crippen molar-refractivity contribution in [1.82, 2.24) is 20.4 Å². The molecule has 2 aliphatic heterocycles. The molecule has 4 N–H and O–H groups in total. The number of alkyl carbamates (subject to hydrolysis) is 1. The van der Waals surface area contributed by atoms with E-state index in [1.165, 1.54) is 30.0 Å². The van der Waals surface area contributed by atoms with E-state index in [2.05, 4.69) is 16.0 Å². The van der Waals surface area contributed by atoms with Crippen molar-refractivity contribution in [3.63, 3.8) is 0 Å². The third kappa shape index (κ3) is 19.5. The summed E-state index contributed by atoms with van der Waals surface area (Å²) in [5, 5.41) is 16.7. The highest BCUT2D eigenvalue weighted by Crippen LogP contribution is 2.45. The van der Waals surface area contributed by atoms with Crippen molar-refractivity contribution in [3.8, 4) is 16.9 Å². The zero-order valence-electron chi connectivity index (χ0n) is 51.0. The van der Waals surface area contributed by atoms with E-state index in [1.807, 2.05) is 48.5 Å². The van der Waals surface area contributed by atoms with Gasteiger partial charge in [-0.05, 0) is 86.4 Å². The number of rotatable bonds is 26. The molecule has 0 aromatic heterocycles. The van der Waals surface area contributed by atoms with Crippen molar-refractivity contribution in [2.45, 2.75) is 149 Å². The molecule has 2 saturated heterocycles. The Labute approximate surface area is 509 Å². The van der Waals surface area contributed by atoms with Gasteiger partial charge in [-0.15, -0.1) is 0 Å². The molecule has 3 aliphatic rings. The first kappa shape index (κ1) is 68.6. The van der Waals surface area contributed by atoms with Crippen LogP contribution in [-0.4, -0.2) is 189 Å². The van der Waals surface area contributed by atoms with Crippen LogP contribution in [0.2, 0.25) is 0 Å². The van der Waals surface area contributed by atoms with E-state index in [1.54, 1.807) is 39.5 Å². The van der Waals surface area contributed by atoms with E-state index in [0.29, 0.717) is 12.8 Å². The number of esters is 4. The van der Waals surface area contributed by atoms with E-state index in [0.717, 1.165) is 50.1 Å². The lowest BCUT2D eigenvalue weighted by molar-refractivity contribution is -0.282. The maximum absolute atomic E-state index is 14.1. The number of carbonyl (C=O) groups excluding carboxylic acids is 9. The summed E-state index contributed by atoms with van der Waals surface area (Å²) in [6.45, 7) is 13.3. The summed E-state index contributed by atoms with van der Waals surface area (Å²) in [6.07, 6.45) is -10.7. The first-order valence-corrected chi connectivity index (χ1v) is 28.8. The average Bonchev–Trinajstić information content (AvgIpc) is 1.53. The van der Waals surface area contributed by atoms with Gasteiger partial charge in [0, 0.05) is 52.4 Å². The molecule has 2 fully saturated rings. The van der Waals surface area contributed by atoms with Crippen LogP contribution in [0.15, 0.2) is 66.7 Å². The first-order chi connectivity index (χ1) is 41.7. The number of aliphatic carboxylic acids is 1. The summed E-state index contributed by atoms with van der Waals surface area (Å²) >= 11 is 0. The van der Waals surface area contributed by atoms with E-state index in [-0.39, 0.29) is 88.0 Å². The molecule has 0 saturated carbocycles. The molecule has 3 aromatic carbocycles. The van der Waals surface area contributed by atoms with Crippen molar-refractivity contribution in [2.75, 3.05) is 65.1 Å². The number of methoxy groups -OCH3 is 1. The van der Waals surface area contributed by atoms with E-state index in [4.69, 9.17) is 57.2 Å². The molecule has 27 nitrogen and oxygen atoms in total. The quantitative estimate of drug-likeness (QED) is 0.0431. The van der Waals surface area contributed by atoms with Crippen LogP contribution in [0.4, 0.5) is 20.1 Å². The smallest absolute Gasteiger partial charge is 0.410 e. The largest absolute Gasteiger partial charge is 0.481 e. The van der Waals surface area contributed by atoms with Gasteiger partial charge in [0.15, 0.2) is 18.3 Å². The zero-order valence-corrected chi connectivity index (χ0v) is 51.0. The van der Waals surface area contributed by atoms with Crippen molar-refractivity contribution >= 4 is 65.6 Å². The van der Waals surface area contributed by atoms with Crippen LogP contribution < -0.4 is 20.7 Å². The van der Waals surface area contributed by atoms with Crippen LogP contribution in [0.3, 0.4) is 0 Å². The lowest BCUT2D eigenvalue weighted by atomic mass is 9.97. The number of hydrogen-bond donors (Lipinski definition) is 4. The summed E-state index contributed by atoms with van der Waals surface area (Å²) in [6, 6.07) is 17.3. The minimum Gasteiger partial charge on any atom is -0.481 e. The molecule has 2 unspecified atom stereocenters. The predicted octanol–water partition coefficient (Wildman–Crippen LogP) is 5.61. The third-order valence-corrected chi connectivity index (χ3v) is 14.2. The Kier molecular flexibility index (Phi) is 24.8. The van der Waals surface area contributed by atoms with E-state index >= 15 is 0 Å². The standard InChI is InChI=1S/C61H79N5O22/c1-34(2)49(64-58(75)88-61(7,8)9)55(73)62-35(3)54(72)63-46-20-19-39(31-47(46)86-57-53(85-38(6)69)51(84-37(5)68)50(83-36(4)67)52(87-57)56(74)78-10)32-81-59(76)65-24-21-40(22-25-65)66(26-28-80-30-29-79-27-23-48(70)71)60(77)82-33-45-43-17-13-11-15-41(43)42-16-12-14-18-44(42)45/h11-20,31,34-35,40,45,49-53,57H,21-30,32-33H2,1-10H3,(H,62,73)(H,63,72)(H,64,75)(H,70,71)/t35?,49?,50-,51-,52-,53+,57+/m0/s1. The number of fused-ring (bicyclic) bond motifs is 3. The minimum atomic E-state index is -1.90. The fraction of sp³-hybridized carbons (Fsp3) is 0.541. The van der Waals surface area contributed by atoms with Gasteiger partial charge in [0.25, 0.3) is 0 Å². The topological polar surface area (TPSA) is 335 Å². The number of carbonyl (C=O) groups is 10. The maximum atomic E-state index is 14.1. The minimum absolute atomic E-state index is 0.0210. The van der Waals surface area contributed by atoms with Crippen molar-refractivity contribution in [2.24, 2.45) is 5.92 Å². The molecule has 6 rings (SSSR count). The van der Waals surface area contributed by atoms with Crippen LogP contribution in [-0.2, 0) is 87.5 Å². The number of nitrogens with zero attached hydrogens (tertiary/aromatic N) is 2. The van der Waals surface area contributed by atoms with Crippen LogP contribution in [0.25, 0.3) is 11.1 Å². The Hall–Kier alpha value is -8.56. The van der Waals surface area contributed by atoms with Gasteiger partial charge < -0.3 is 83.0 Å². The highest BCUT2D eigenvalue weighted by Gasteiger charge is 2.56. The zero-order chi connectivity index (χ0) is 64.4. The van der Waals surface area contributed by atoms with Gasteiger partial charge >= 0.3 is 48.1 Å². The second-order valence-corrected chi connectivity index (χ2v) is 22.3. The monoisotopic (exact) mass is 1230 g/mol. The lowest BCUT2D eigenvalue weighted by Gasteiger charge is -2.43.